The quantitative estimate of drug-likeness (QED) is 0.451. The van der Waals surface area contributed by atoms with Gasteiger partial charge in [-0.25, -0.2) is 19.4 Å². The Bertz CT molecular complexity index is 1230. The standard InChI is InChI=1S/C30H40N4O6/c1-19(21-13-11-10-12-14-21)32-25(36)34-24(35)22(30(34,8)9)17-20-15-16-31-23(18-20)33(26(37)39-28(2,3)4)27(38)40-29(5,6)7/h10-16,18-19,22H,17H2,1-9H3,(H,32,36)/t19-,22?/m1/s1. The van der Waals surface area contributed by atoms with Crippen molar-refractivity contribution in [3.8, 4) is 0 Å². The van der Waals surface area contributed by atoms with Crippen molar-refractivity contribution in [2.45, 2.75) is 91.5 Å². The molecule has 1 saturated heterocycles. The van der Waals surface area contributed by atoms with Gasteiger partial charge in [0.15, 0.2) is 0 Å². The summed E-state index contributed by atoms with van der Waals surface area (Å²) in [5.41, 5.74) is -0.899. The molecule has 1 N–H and O–H groups in total. The largest absolute Gasteiger partial charge is 0.443 e. The molecule has 216 valence electrons. The van der Waals surface area contributed by atoms with Gasteiger partial charge in [-0.2, -0.15) is 4.90 Å². The second-order valence-electron chi connectivity index (χ2n) is 12.5. The summed E-state index contributed by atoms with van der Waals surface area (Å²) in [7, 11) is 0. The fourth-order valence-corrected chi connectivity index (χ4v) is 4.43. The Morgan fingerprint density at radius 1 is 1.00 bits per heavy atom. The smallest absolute Gasteiger partial charge is 0.425 e. The molecular weight excluding hydrogens is 512 g/mol. The number of nitrogens with one attached hydrogen (secondary N) is 1. The minimum absolute atomic E-state index is 0.0110. The number of urea groups is 1. The number of pyridine rings is 1. The van der Waals surface area contributed by atoms with Crippen molar-refractivity contribution in [3.05, 3.63) is 59.8 Å². The number of hydrogen-bond donors (Lipinski definition) is 1. The van der Waals surface area contributed by atoms with E-state index < -0.39 is 40.9 Å². The lowest BCUT2D eigenvalue weighted by Crippen LogP contribution is -2.71. The second-order valence-corrected chi connectivity index (χ2v) is 12.5. The summed E-state index contributed by atoms with van der Waals surface area (Å²) in [5.74, 6) is -0.800. The third-order valence-corrected chi connectivity index (χ3v) is 6.42. The van der Waals surface area contributed by atoms with Gasteiger partial charge >= 0.3 is 18.2 Å². The Hall–Kier alpha value is -3.95. The fraction of sp³-hybridized carbons (Fsp3) is 0.500. The van der Waals surface area contributed by atoms with Crippen molar-refractivity contribution >= 4 is 29.9 Å². The Kier molecular flexibility index (Phi) is 8.62. The molecule has 1 aromatic carbocycles. The Balaban J connectivity index is 1.79. The number of carbonyl (C=O) groups excluding carboxylic acids is 4. The molecule has 0 saturated carbocycles. The van der Waals surface area contributed by atoms with Crippen LogP contribution in [-0.4, -0.2) is 50.7 Å². The van der Waals surface area contributed by atoms with E-state index in [2.05, 4.69) is 10.3 Å². The molecular formula is C30H40N4O6. The molecule has 2 atom stereocenters. The zero-order chi connectivity index (χ0) is 30.0. The number of anilines is 1. The molecule has 10 heteroatoms. The SMILES string of the molecule is C[C@@H](NC(=O)N1C(=O)C(Cc2ccnc(N(C(=O)OC(C)(C)C)C(=O)OC(C)(C)C)c2)C1(C)C)c1ccccc1. The van der Waals surface area contributed by atoms with Crippen LogP contribution in [0.1, 0.15) is 79.5 Å². The number of imide groups is 2. The van der Waals surface area contributed by atoms with E-state index in [0.29, 0.717) is 5.56 Å². The third-order valence-electron chi connectivity index (χ3n) is 6.42. The molecule has 1 unspecified atom stereocenters. The van der Waals surface area contributed by atoms with Crippen LogP contribution in [-0.2, 0) is 20.7 Å². The fourth-order valence-electron chi connectivity index (χ4n) is 4.43. The van der Waals surface area contributed by atoms with E-state index >= 15 is 0 Å². The highest BCUT2D eigenvalue weighted by Gasteiger charge is 2.56. The number of benzene rings is 1. The van der Waals surface area contributed by atoms with Gasteiger partial charge in [0.25, 0.3) is 0 Å². The molecule has 3 rings (SSSR count). The van der Waals surface area contributed by atoms with Gasteiger partial charge in [0.05, 0.1) is 17.5 Å². The van der Waals surface area contributed by atoms with E-state index in [1.54, 1.807) is 53.7 Å². The van der Waals surface area contributed by atoms with Crippen LogP contribution in [0.2, 0.25) is 0 Å². The Morgan fingerprint density at radius 3 is 2.05 bits per heavy atom. The first kappa shape index (κ1) is 30.6. The van der Waals surface area contributed by atoms with Crippen molar-refractivity contribution in [2.75, 3.05) is 4.90 Å². The first-order chi connectivity index (χ1) is 18.4. The van der Waals surface area contributed by atoms with Crippen LogP contribution in [0.5, 0.6) is 0 Å². The van der Waals surface area contributed by atoms with Crippen molar-refractivity contribution < 1.29 is 28.7 Å². The van der Waals surface area contributed by atoms with E-state index in [9.17, 15) is 19.2 Å². The summed E-state index contributed by atoms with van der Waals surface area (Å²) >= 11 is 0. The van der Waals surface area contributed by atoms with Crippen LogP contribution in [0.15, 0.2) is 48.7 Å². The minimum atomic E-state index is -0.929. The Labute approximate surface area is 236 Å². The zero-order valence-electron chi connectivity index (χ0n) is 24.8. The third kappa shape index (κ3) is 7.16. The maximum Gasteiger partial charge on any atom is 0.425 e. The predicted molar refractivity (Wildman–Crippen MR) is 151 cm³/mol. The first-order valence-electron chi connectivity index (χ1n) is 13.3. The molecule has 0 radical (unpaired) electrons. The Morgan fingerprint density at radius 2 is 1.55 bits per heavy atom. The van der Waals surface area contributed by atoms with E-state index in [1.165, 1.54) is 11.1 Å². The first-order valence-corrected chi connectivity index (χ1v) is 13.3. The lowest BCUT2D eigenvalue weighted by molar-refractivity contribution is -0.158. The highest BCUT2D eigenvalue weighted by molar-refractivity contribution is 6.08. The molecule has 1 aliphatic rings. The summed E-state index contributed by atoms with van der Waals surface area (Å²) in [5, 5.41) is 2.90. The van der Waals surface area contributed by atoms with Gasteiger partial charge in [-0.1, -0.05) is 30.3 Å². The normalized spacial score (nSPS) is 17.4. The molecule has 2 heterocycles. The van der Waals surface area contributed by atoms with Gasteiger partial charge in [-0.15, -0.1) is 0 Å². The number of likely N-dealkylation sites (tertiary alicyclic amines) is 1. The van der Waals surface area contributed by atoms with E-state index in [-0.39, 0.29) is 24.2 Å². The van der Waals surface area contributed by atoms with Crippen molar-refractivity contribution in [1.82, 2.24) is 15.2 Å². The zero-order valence-corrected chi connectivity index (χ0v) is 24.8. The summed E-state index contributed by atoms with van der Waals surface area (Å²) < 4.78 is 10.9. The van der Waals surface area contributed by atoms with Crippen LogP contribution in [0.3, 0.4) is 0 Å². The maximum atomic E-state index is 13.2. The highest BCUT2D eigenvalue weighted by Crippen LogP contribution is 2.40. The second kappa shape index (κ2) is 11.3. The van der Waals surface area contributed by atoms with E-state index in [4.69, 9.17) is 9.47 Å². The van der Waals surface area contributed by atoms with Gasteiger partial charge in [-0.05, 0) is 92.0 Å². The number of β-lactam (4-membered cyclic amide) rings is 1. The number of ether oxygens (including phenoxy) is 2. The van der Waals surface area contributed by atoms with Gasteiger partial charge in [0.1, 0.15) is 17.0 Å². The molecule has 2 aromatic rings. The van der Waals surface area contributed by atoms with Crippen molar-refractivity contribution in [1.29, 1.82) is 0 Å². The molecule has 1 fully saturated rings. The number of nitrogens with zero attached hydrogens (tertiary/aromatic N) is 3. The van der Waals surface area contributed by atoms with Gasteiger partial charge in [0.2, 0.25) is 5.91 Å². The number of aromatic nitrogens is 1. The van der Waals surface area contributed by atoms with Gasteiger partial charge in [-0.3, -0.25) is 9.69 Å². The predicted octanol–water partition coefficient (Wildman–Crippen LogP) is 6.01. The maximum absolute atomic E-state index is 13.2. The lowest BCUT2D eigenvalue weighted by Gasteiger charge is -2.52. The number of rotatable bonds is 5. The lowest BCUT2D eigenvalue weighted by atomic mass is 9.73. The minimum Gasteiger partial charge on any atom is -0.443 e. The van der Waals surface area contributed by atoms with Crippen LogP contribution in [0.4, 0.5) is 20.2 Å². The average Bonchev–Trinajstić information content (AvgIpc) is 2.81. The topological polar surface area (TPSA) is 118 Å². The van der Waals surface area contributed by atoms with Gasteiger partial charge < -0.3 is 14.8 Å². The number of amides is 5. The van der Waals surface area contributed by atoms with Crippen LogP contribution in [0, 0.1) is 5.92 Å². The summed E-state index contributed by atoms with van der Waals surface area (Å²) in [6.45, 7) is 15.7. The molecule has 1 aromatic heterocycles. The molecule has 0 aliphatic carbocycles. The van der Waals surface area contributed by atoms with Crippen LogP contribution < -0.4 is 10.2 Å². The van der Waals surface area contributed by atoms with Crippen LogP contribution in [0.25, 0.3) is 0 Å². The van der Waals surface area contributed by atoms with Crippen molar-refractivity contribution in [3.63, 3.8) is 0 Å². The van der Waals surface area contributed by atoms with Gasteiger partial charge in [0, 0.05) is 6.20 Å². The number of hydrogen-bond acceptors (Lipinski definition) is 7. The molecule has 1 aliphatic heterocycles. The molecule has 0 spiro atoms. The average molecular weight is 553 g/mol. The van der Waals surface area contributed by atoms with E-state index in [0.717, 1.165) is 10.5 Å². The number of carbonyl (C=O) groups is 4. The summed E-state index contributed by atoms with van der Waals surface area (Å²) in [6, 6.07) is 12.0. The molecule has 10 nitrogen and oxygen atoms in total. The summed E-state index contributed by atoms with van der Waals surface area (Å²) in [4.78, 5) is 58.4. The monoisotopic (exact) mass is 552 g/mol. The summed E-state index contributed by atoms with van der Waals surface area (Å²) in [6.07, 6.45) is -0.131. The molecule has 0 bridgehead atoms. The van der Waals surface area contributed by atoms with Crippen LogP contribution >= 0.6 is 0 Å². The molecule has 40 heavy (non-hydrogen) atoms. The highest BCUT2D eigenvalue weighted by atomic mass is 16.6. The van der Waals surface area contributed by atoms with Crippen molar-refractivity contribution in [2.24, 2.45) is 5.92 Å². The van der Waals surface area contributed by atoms with E-state index in [1.807, 2.05) is 51.1 Å². The molecule has 5 amide bonds.